The lowest BCUT2D eigenvalue weighted by Crippen LogP contribution is -2.17. The Balaban J connectivity index is 1.69. The van der Waals surface area contributed by atoms with Crippen LogP contribution in [-0.2, 0) is 9.84 Å². The number of anilines is 1. The molecule has 0 radical (unpaired) electrons. The second kappa shape index (κ2) is 9.14. The summed E-state index contributed by atoms with van der Waals surface area (Å²) in [5, 5.41) is 7.32. The maximum absolute atomic E-state index is 13.1. The van der Waals surface area contributed by atoms with Crippen molar-refractivity contribution in [3.63, 3.8) is 0 Å². The van der Waals surface area contributed by atoms with Gasteiger partial charge in [0.15, 0.2) is 15.5 Å². The second-order valence-electron chi connectivity index (χ2n) is 7.67. The van der Waals surface area contributed by atoms with Gasteiger partial charge in [-0.05, 0) is 48.9 Å². The maximum atomic E-state index is 13.1. The zero-order chi connectivity index (χ0) is 23.6. The third kappa shape index (κ3) is 4.80. The van der Waals surface area contributed by atoms with Crippen molar-refractivity contribution in [1.82, 2.24) is 9.78 Å². The Labute approximate surface area is 192 Å². The van der Waals surface area contributed by atoms with Crippen LogP contribution >= 0.6 is 0 Å². The first-order valence-electron chi connectivity index (χ1n) is 10.3. The lowest BCUT2D eigenvalue weighted by Gasteiger charge is -2.13. The van der Waals surface area contributed by atoms with Crippen LogP contribution in [-0.4, -0.2) is 56.9 Å². The smallest absolute Gasteiger partial charge is 0.276 e. The fraction of sp³-hybridized carbons (Fsp3) is 0.304. The predicted molar refractivity (Wildman–Crippen MR) is 124 cm³/mol. The highest BCUT2D eigenvalue weighted by Gasteiger charge is 2.32. The molecule has 1 aliphatic heterocycles. The van der Waals surface area contributed by atoms with Crippen molar-refractivity contribution in [2.24, 2.45) is 0 Å². The minimum absolute atomic E-state index is 0.00873. The number of carbonyl (C=O) groups is 1. The molecule has 0 bridgehead atoms. The van der Waals surface area contributed by atoms with E-state index in [1.54, 1.807) is 55.3 Å². The van der Waals surface area contributed by atoms with Crippen molar-refractivity contribution in [2.45, 2.75) is 12.5 Å². The molecule has 9 nitrogen and oxygen atoms in total. The van der Waals surface area contributed by atoms with Crippen LogP contribution in [0.2, 0.25) is 0 Å². The highest BCUT2D eigenvalue weighted by molar-refractivity contribution is 7.91. The molecule has 2 heterocycles. The van der Waals surface area contributed by atoms with E-state index < -0.39 is 15.7 Å². The molecule has 2 aromatic carbocycles. The number of methoxy groups -OCH3 is 3. The largest absolute Gasteiger partial charge is 0.497 e. The van der Waals surface area contributed by atoms with Gasteiger partial charge in [0.05, 0.1) is 50.3 Å². The summed E-state index contributed by atoms with van der Waals surface area (Å²) in [5.74, 6) is 1.39. The Hall–Kier alpha value is -3.53. The zero-order valence-electron chi connectivity index (χ0n) is 18.6. The van der Waals surface area contributed by atoms with E-state index in [-0.39, 0.29) is 23.2 Å². The highest BCUT2D eigenvalue weighted by atomic mass is 32.2. The third-order valence-corrected chi connectivity index (χ3v) is 7.32. The van der Waals surface area contributed by atoms with Crippen molar-refractivity contribution in [2.75, 3.05) is 38.2 Å². The van der Waals surface area contributed by atoms with Crippen LogP contribution < -0.4 is 19.5 Å². The number of hydrogen-bond acceptors (Lipinski definition) is 7. The van der Waals surface area contributed by atoms with E-state index in [1.165, 1.54) is 7.11 Å². The predicted octanol–water partition coefficient (Wildman–Crippen LogP) is 3.19. The number of benzene rings is 2. The van der Waals surface area contributed by atoms with Crippen molar-refractivity contribution >= 4 is 21.4 Å². The van der Waals surface area contributed by atoms with Gasteiger partial charge in [-0.15, -0.1) is 0 Å². The molecule has 1 amide bonds. The molecule has 1 fully saturated rings. The first-order valence-corrected chi connectivity index (χ1v) is 12.1. The Morgan fingerprint density at radius 2 is 1.70 bits per heavy atom. The number of rotatable bonds is 7. The van der Waals surface area contributed by atoms with Gasteiger partial charge in [-0.25, -0.2) is 8.42 Å². The summed E-state index contributed by atoms with van der Waals surface area (Å²) in [6.45, 7) is 0. The summed E-state index contributed by atoms with van der Waals surface area (Å²) >= 11 is 0. The number of aromatic nitrogens is 2. The Morgan fingerprint density at radius 3 is 2.30 bits per heavy atom. The number of nitrogens with zero attached hydrogens (tertiary/aromatic N) is 2. The van der Waals surface area contributed by atoms with Gasteiger partial charge in [0.25, 0.3) is 5.91 Å². The molecule has 1 aliphatic rings. The molecular formula is C23H25N3O6S. The van der Waals surface area contributed by atoms with Gasteiger partial charge in [0, 0.05) is 11.6 Å². The van der Waals surface area contributed by atoms with Gasteiger partial charge in [0.2, 0.25) is 0 Å². The molecule has 33 heavy (non-hydrogen) atoms. The van der Waals surface area contributed by atoms with E-state index in [1.807, 2.05) is 12.1 Å². The minimum Gasteiger partial charge on any atom is -0.497 e. The molecule has 0 aliphatic carbocycles. The molecule has 1 aromatic heterocycles. The molecular weight excluding hydrogens is 446 g/mol. The molecule has 1 atom stereocenters. The Bertz CT molecular complexity index is 1270. The van der Waals surface area contributed by atoms with Crippen molar-refractivity contribution < 1.29 is 27.4 Å². The number of amides is 1. The van der Waals surface area contributed by atoms with Crippen LogP contribution in [0.1, 0.15) is 23.0 Å². The van der Waals surface area contributed by atoms with Crippen molar-refractivity contribution in [3.8, 4) is 28.5 Å². The quantitative estimate of drug-likeness (QED) is 0.564. The standard InChI is InChI=1S/C23H25N3O6S/c1-30-17-6-4-15(5-7-17)21-13-20(25-26(21)16-10-11-33(28,29)14-16)23(27)24-19-9-8-18(31-2)12-22(19)32-3/h4-9,12-13,16H,10-11,14H2,1-3H3,(H,24,27)/t16-/m0/s1. The SMILES string of the molecule is COc1ccc(-c2cc(C(=O)Nc3ccc(OC)cc3OC)nn2[C@H]2CCS(=O)(=O)C2)cc1. The molecule has 174 valence electrons. The van der Waals surface area contributed by atoms with Gasteiger partial charge in [-0.3, -0.25) is 9.48 Å². The number of hydrogen-bond donors (Lipinski definition) is 1. The topological polar surface area (TPSA) is 109 Å². The summed E-state index contributed by atoms with van der Waals surface area (Å²) in [6, 6.07) is 13.7. The van der Waals surface area contributed by atoms with Gasteiger partial charge in [-0.2, -0.15) is 5.10 Å². The normalized spacial score (nSPS) is 16.9. The van der Waals surface area contributed by atoms with Crippen LogP contribution in [0.15, 0.2) is 48.5 Å². The van der Waals surface area contributed by atoms with Crippen LogP contribution in [0.5, 0.6) is 17.2 Å². The molecule has 1 N–H and O–H groups in total. The Kier molecular flexibility index (Phi) is 6.28. The van der Waals surface area contributed by atoms with Crippen molar-refractivity contribution in [3.05, 3.63) is 54.2 Å². The minimum atomic E-state index is -3.14. The first kappa shape index (κ1) is 22.7. The number of sulfone groups is 1. The van der Waals surface area contributed by atoms with E-state index in [4.69, 9.17) is 14.2 Å². The van der Waals surface area contributed by atoms with Crippen LogP contribution in [0.25, 0.3) is 11.3 Å². The number of ether oxygens (including phenoxy) is 3. The molecule has 0 spiro atoms. The number of nitrogens with one attached hydrogen (secondary N) is 1. The average Bonchev–Trinajstić information content (AvgIpc) is 3.42. The molecule has 4 rings (SSSR count). The van der Waals surface area contributed by atoms with E-state index in [0.29, 0.717) is 35.1 Å². The summed E-state index contributed by atoms with van der Waals surface area (Å²) in [6.07, 6.45) is 0.445. The molecule has 1 saturated heterocycles. The Morgan fingerprint density at radius 1 is 1.00 bits per heavy atom. The maximum Gasteiger partial charge on any atom is 0.276 e. The van der Waals surface area contributed by atoms with Crippen LogP contribution in [0.4, 0.5) is 5.69 Å². The molecule has 0 saturated carbocycles. The molecule has 0 unspecified atom stereocenters. The van der Waals surface area contributed by atoms with Gasteiger partial charge >= 0.3 is 0 Å². The van der Waals surface area contributed by atoms with Gasteiger partial charge < -0.3 is 19.5 Å². The van der Waals surface area contributed by atoms with Gasteiger partial charge in [0.1, 0.15) is 17.2 Å². The summed E-state index contributed by atoms with van der Waals surface area (Å²) < 4.78 is 41.6. The fourth-order valence-electron chi connectivity index (χ4n) is 3.82. The van der Waals surface area contributed by atoms with Crippen LogP contribution in [0, 0.1) is 0 Å². The van der Waals surface area contributed by atoms with Crippen molar-refractivity contribution in [1.29, 1.82) is 0 Å². The third-order valence-electron chi connectivity index (χ3n) is 5.57. The van der Waals surface area contributed by atoms with E-state index in [2.05, 4.69) is 10.4 Å². The van der Waals surface area contributed by atoms with Gasteiger partial charge in [-0.1, -0.05) is 0 Å². The summed E-state index contributed by atoms with van der Waals surface area (Å²) in [7, 11) is 1.49. The lowest BCUT2D eigenvalue weighted by atomic mass is 10.1. The average molecular weight is 472 g/mol. The van der Waals surface area contributed by atoms with E-state index in [9.17, 15) is 13.2 Å². The fourth-order valence-corrected chi connectivity index (χ4v) is 5.51. The summed E-state index contributed by atoms with van der Waals surface area (Å²) in [5.41, 5.74) is 2.09. The van der Waals surface area contributed by atoms with E-state index in [0.717, 1.165) is 5.56 Å². The zero-order valence-corrected chi connectivity index (χ0v) is 19.4. The molecule has 3 aromatic rings. The highest BCUT2D eigenvalue weighted by Crippen LogP contribution is 2.32. The summed E-state index contributed by atoms with van der Waals surface area (Å²) in [4.78, 5) is 13.1. The lowest BCUT2D eigenvalue weighted by molar-refractivity contribution is 0.102. The van der Waals surface area contributed by atoms with E-state index >= 15 is 0 Å². The monoisotopic (exact) mass is 471 g/mol. The number of carbonyl (C=O) groups excluding carboxylic acids is 1. The van der Waals surface area contributed by atoms with Crippen LogP contribution in [0.3, 0.4) is 0 Å². The second-order valence-corrected chi connectivity index (χ2v) is 9.89. The molecule has 10 heteroatoms. The first-order chi connectivity index (χ1) is 15.8.